The molecule has 44 heavy (non-hydrogen) atoms. The molecule has 0 aliphatic carbocycles. The Hall–Kier alpha value is -3.27. The van der Waals surface area contributed by atoms with E-state index in [0.29, 0.717) is 33.7 Å². The number of sulfonamides is 1. The summed E-state index contributed by atoms with van der Waals surface area (Å²) in [4.78, 5) is 29.3. The lowest BCUT2D eigenvalue weighted by molar-refractivity contribution is -0.141. The van der Waals surface area contributed by atoms with Crippen molar-refractivity contribution in [2.45, 2.75) is 65.1 Å². The van der Waals surface area contributed by atoms with Crippen molar-refractivity contribution in [3.05, 3.63) is 94.0 Å². The molecule has 1 N–H and O–H groups in total. The normalized spacial score (nSPS) is 12.7. The Bertz CT molecular complexity index is 1480. The van der Waals surface area contributed by atoms with E-state index in [1.54, 1.807) is 42.5 Å². The number of benzene rings is 3. The molecule has 8 nitrogen and oxygen atoms in total. The van der Waals surface area contributed by atoms with E-state index in [1.165, 1.54) is 9.21 Å². The summed E-state index contributed by atoms with van der Waals surface area (Å²) >= 11 is 13.1. The maximum Gasteiger partial charge on any atom is 0.243 e. The van der Waals surface area contributed by atoms with E-state index in [4.69, 9.17) is 27.9 Å². The molecule has 3 aromatic rings. The van der Waals surface area contributed by atoms with Crippen LogP contribution in [0.25, 0.3) is 0 Å². The van der Waals surface area contributed by atoms with Crippen LogP contribution in [0.15, 0.2) is 72.8 Å². The number of hydrogen-bond donors (Lipinski definition) is 1. The molecule has 3 rings (SSSR count). The lowest BCUT2D eigenvalue weighted by Crippen LogP contribution is -2.52. The number of halogens is 2. The molecule has 0 radical (unpaired) electrons. The van der Waals surface area contributed by atoms with Gasteiger partial charge in [-0.15, -0.1) is 0 Å². The van der Waals surface area contributed by atoms with Crippen molar-refractivity contribution >= 4 is 50.7 Å². The summed E-state index contributed by atoms with van der Waals surface area (Å²) in [5.41, 5.74) is 1.82. The third-order valence-electron chi connectivity index (χ3n) is 7.25. The van der Waals surface area contributed by atoms with Crippen LogP contribution in [0.2, 0.25) is 10.0 Å². The second kappa shape index (κ2) is 16.7. The Labute approximate surface area is 271 Å². The van der Waals surface area contributed by atoms with Gasteiger partial charge in [0.15, 0.2) is 0 Å². The fourth-order valence-electron chi connectivity index (χ4n) is 4.77. The first-order chi connectivity index (χ1) is 21.0. The van der Waals surface area contributed by atoms with Crippen molar-refractivity contribution < 1.29 is 22.7 Å². The van der Waals surface area contributed by atoms with Gasteiger partial charge in [-0.3, -0.25) is 13.9 Å². The van der Waals surface area contributed by atoms with Crippen molar-refractivity contribution in [1.29, 1.82) is 0 Å². The molecule has 0 spiro atoms. The smallest absolute Gasteiger partial charge is 0.243 e. The molecule has 0 aliphatic heterocycles. The number of ether oxygens (including phenoxy) is 1. The fraction of sp³-hybridized carbons (Fsp3) is 0.394. The standard InChI is InChI=1S/C33H41Cl2N3O5S/c1-5-24(3)36-33(40)30(22-25-14-8-7-9-15-25)37(23-26-27(34)16-12-17-28(26)35)32(39)20-13-21-38(44(4,41)42)29-18-10-11-19-31(29)43-6-2/h7-12,14-19,24,30H,5-6,13,20-23H2,1-4H3,(H,36,40)/t24-,30+/m0/s1. The molecule has 0 aliphatic rings. The van der Waals surface area contributed by atoms with Gasteiger partial charge >= 0.3 is 0 Å². The summed E-state index contributed by atoms with van der Waals surface area (Å²) in [6, 6.07) is 20.5. The van der Waals surface area contributed by atoms with Crippen LogP contribution in [0.1, 0.15) is 51.2 Å². The minimum Gasteiger partial charge on any atom is -0.492 e. The zero-order valence-electron chi connectivity index (χ0n) is 25.6. The maximum atomic E-state index is 14.1. The van der Waals surface area contributed by atoms with Gasteiger partial charge in [0.05, 0.1) is 18.6 Å². The number of carbonyl (C=O) groups excluding carboxylic acids is 2. The third-order valence-corrected chi connectivity index (χ3v) is 9.14. The Balaban J connectivity index is 1.95. The van der Waals surface area contributed by atoms with Crippen molar-refractivity contribution in [3.8, 4) is 5.75 Å². The molecular formula is C33H41Cl2N3O5S. The van der Waals surface area contributed by atoms with Gasteiger partial charge in [-0.25, -0.2) is 8.42 Å². The highest BCUT2D eigenvalue weighted by Gasteiger charge is 2.32. The van der Waals surface area contributed by atoms with Crippen LogP contribution in [0.4, 0.5) is 5.69 Å². The van der Waals surface area contributed by atoms with Gasteiger partial charge in [0.25, 0.3) is 0 Å². The first-order valence-corrected chi connectivity index (χ1v) is 17.3. The first kappa shape index (κ1) is 35.2. The van der Waals surface area contributed by atoms with Crippen molar-refractivity contribution in [2.24, 2.45) is 0 Å². The number of nitrogens with one attached hydrogen (secondary N) is 1. The van der Waals surface area contributed by atoms with Crippen LogP contribution in [-0.2, 0) is 32.6 Å². The zero-order valence-corrected chi connectivity index (χ0v) is 28.0. The number of anilines is 1. The Kier molecular flexibility index (Phi) is 13.4. The highest BCUT2D eigenvalue weighted by Crippen LogP contribution is 2.31. The summed E-state index contributed by atoms with van der Waals surface area (Å²) in [7, 11) is -3.69. The average Bonchev–Trinajstić information content (AvgIpc) is 2.98. The van der Waals surface area contributed by atoms with Crippen LogP contribution in [-0.4, -0.2) is 56.6 Å². The highest BCUT2D eigenvalue weighted by molar-refractivity contribution is 7.92. The van der Waals surface area contributed by atoms with E-state index in [1.807, 2.05) is 51.1 Å². The Morgan fingerprint density at radius 1 is 0.932 bits per heavy atom. The van der Waals surface area contributed by atoms with E-state index >= 15 is 0 Å². The van der Waals surface area contributed by atoms with E-state index in [9.17, 15) is 18.0 Å². The van der Waals surface area contributed by atoms with Gasteiger partial charge in [0.2, 0.25) is 21.8 Å². The summed E-state index contributed by atoms with van der Waals surface area (Å²) < 4.78 is 32.6. The van der Waals surface area contributed by atoms with Crippen LogP contribution < -0.4 is 14.4 Å². The van der Waals surface area contributed by atoms with Gasteiger partial charge in [-0.2, -0.15) is 0 Å². The van der Waals surface area contributed by atoms with Gasteiger partial charge < -0.3 is 15.0 Å². The summed E-state index contributed by atoms with van der Waals surface area (Å²) in [6.45, 7) is 6.12. The number of para-hydroxylation sites is 2. The molecule has 11 heteroatoms. The van der Waals surface area contributed by atoms with Crippen LogP contribution >= 0.6 is 23.2 Å². The number of carbonyl (C=O) groups is 2. The predicted molar refractivity (Wildman–Crippen MR) is 178 cm³/mol. The maximum absolute atomic E-state index is 14.1. The molecule has 238 valence electrons. The van der Waals surface area contributed by atoms with Gasteiger partial charge in [0, 0.05) is 47.6 Å². The molecule has 0 fully saturated rings. The van der Waals surface area contributed by atoms with E-state index < -0.39 is 16.1 Å². The number of rotatable bonds is 16. The quantitative estimate of drug-likeness (QED) is 0.189. The summed E-state index contributed by atoms with van der Waals surface area (Å²) in [5, 5.41) is 3.80. The molecule has 0 unspecified atom stereocenters. The highest BCUT2D eigenvalue weighted by atomic mass is 35.5. The Morgan fingerprint density at radius 3 is 2.18 bits per heavy atom. The lowest BCUT2D eigenvalue weighted by Gasteiger charge is -2.33. The molecule has 3 aromatic carbocycles. The molecular weight excluding hydrogens is 621 g/mol. The van der Waals surface area contributed by atoms with Crippen molar-refractivity contribution in [1.82, 2.24) is 10.2 Å². The minimum absolute atomic E-state index is 0.00568. The van der Waals surface area contributed by atoms with Crippen LogP contribution in [0, 0.1) is 0 Å². The fourth-order valence-corrected chi connectivity index (χ4v) is 6.26. The summed E-state index contributed by atoms with van der Waals surface area (Å²) in [6.07, 6.45) is 2.29. The molecule has 0 saturated heterocycles. The SMILES string of the molecule is CCOc1ccccc1N(CCCC(=O)N(Cc1c(Cl)cccc1Cl)[C@H](Cc1ccccc1)C(=O)N[C@@H](C)CC)S(C)(=O)=O. The monoisotopic (exact) mass is 661 g/mol. The minimum atomic E-state index is -3.69. The van der Waals surface area contributed by atoms with E-state index in [0.717, 1.165) is 18.2 Å². The third kappa shape index (κ3) is 9.87. The lowest BCUT2D eigenvalue weighted by atomic mass is 10.0. The van der Waals surface area contributed by atoms with Gasteiger partial charge in [-0.05, 0) is 56.5 Å². The van der Waals surface area contributed by atoms with Crippen LogP contribution in [0.3, 0.4) is 0 Å². The zero-order chi connectivity index (χ0) is 32.3. The largest absolute Gasteiger partial charge is 0.492 e. The number of amides is 2. The average molecular weight is 663 g/mol. The van der Waals surface area contributed by atoms with E-state index in [-0.39, 0.29) is 50.2 Å². The first-order valence-electron chi connectivity index (χ1n) is 14.7. The van der Waals surface area contributed by atoms with E-state index in [2.05, 4.69) is 5.32 Å². The molecule has 0 heterocycles. The molecule has 0 bridgehead atoms. The molecule has 0 saturated carbocycles. The topological polar surface area (TPSA) is 96.0 Å². The Morgan fingerprint density at radius 2 is 1.57 bits per heavy atom. The summed E-state index contributed by atoms with van der Waals surface area (Å²) in [5.74, 6) is -0.178. The van der Waals surface area contributed by atoms with Crippen LogP contribution in [0.5, 0.6) is 5.75 Å². The van der Waals surface area contributed by atoms with Crippen molar-refractivity contribution in [3.63, 3.8) is 0 Å². The molecule has 2 atom stereocenters. The second-order valence-corrected chi connectivity index (χ2v) is 13.3. The predicted octanol–water partition coefficient (Wildman–Crippen LogP) is 6.49. The second-order valence-electron chi connectivity index (χ2n) is 10.6. The molecule has 0 aromatic heterocycles. The van der Waals surface area contributed by atoms with Crippen molar-refractivity contribution in [2.75, 3.05) is 23.7 Å². The molecule has 2 amide bonds. The van der Waals surface area contributed by atoms with Gasteiger partial charge in [-0.1, -0.05) is 78.7 Å². The number of hydrogen-bond acceptors (Lipinski definition) is 5. The van der Waals surface area contributed by atoms with Gasteiger partial charge in [0.1, 0.15) is 11.8 Å². The number of nitrogens with zero attached hydrogens (tertiary/aromatic N) is 2.